The van der Waals surface area contributed by atoms with Gasteiger partial charge in [0, 0.05) is 49.0 Å². The second-order valence-corrected chi connectivity index (χ2v) is 7.44. The van der Waals surface area contributed by atoms with E-state index in [4.69, 9.17) is 11.6 Å². The molecule has 1 fully saturated rings. The first-order valence-corrected chi connectivity index (χ1v) is 9.49. The predicted molar refractivity (Wildman–Crippen MR) is 104 cm³/mol. The molecule has 0 atom stereocenters. The van der Waals surface area contributed by atoms with E-state index in [0.29, 0.717) is 11.6 Å². The minimum absolute atomic E-state index is 0.0524. The van der Waals surface area contributed by atoms with E-state index >= 15 is 0 Å². The molecule has 1 aliphatic heterocycles. The standard InChI is InChI=1S/C20H25ClN4O/c1-15(2)25(14-16-5-3-6-18(21)13-16)19(26)17-7-11-24(12-8-17)20-22-9-4-10-23-20/h3-6,9-10,13,15,17H,7-8,11-12,14H2,1-2H3. The lowest BCUT2D eigenvalue weighted by molar-refractivity contribution is -0.138. The van der Waals surface area contributed by atoms with Crippen molar-refractivity contribution in [2.24, 2.45) is 5.92 Å². The van der Waals surface area contributed by atoms with Gasteiger partial charge in [0.15, 0.2) is 0 Å². The number of hydrogen-bond donors (Lipinski definition) is 0. The van der Waals surface area contributed by atoms with Crippen LogP contribution in [0.4, 0.5) is 5.95 Å². The van der Waals surface area contributed by atoms with E-state index in [1.165, 1.54) is 0 Å². The van der Waals surface area contributed by atoms with Gasteiger partial charge in [0.2, 0.25) is 11.9 Å². The molecule has 3 rings (SSSR count). The van der Waals surface area contributed by atoms with Crippen LogP contribution in [-0.4, -0.2) is 39.9 Å². The third-order valence-corrected chi connectivity index (χ3v) is 5.06. The fourth-order valence-corrected chi connectivity index (χ4v) is 3.58. The molecule has 6 heteroatoms. The molecule has 0 saturated carbocycles. The highest BCUT2D eigenvalue weighted by atomic mass is 35.5. The van der Waals surface area contributed by atoms with Gasteiger partial charge < -0.3 is 9.80 Å². The summed E-state index contributed by atoms with van der Waals surface area (Å²) in [6.07, 6.45) is 5.17. The molecule has 1 amide bonds. The normalized spacial score (nSPS) is 15.3. The van der Waals surface area contributed by atoms with Crippen LogP contribution in [0.25, 0.3) is 0 Å². The number of amides is 1. The number of piperidine rings is 1. The van der Waals surface area contributed by atoms with E-state index in [9.17, 15) is 4.79 Å². The number of rotatable bonds is 5. The van der Waals surface area contributed by atoms with Crippen LogP contribution in [-0.2, 0) is 11.3 Å². The highest BCUT2D eigenvalue weighted by Gasteiger charge is 2.30. The van der Waals surface area contributed by atoms with Gasteiger partial charge in [0.05, 0.1) is 0 Å². The third kappa shape index (κ3) is 4.52. The molecule has 0 spiro atoms. The SMILES string of the molecule is CC(C)N(Cc1cccc(Cl)c1)C(=O)C1CCN(c2ncccn2)CC1. The van der Waals surface area contributed by atoms with Gasteiger partial charge in [-0.05, 0) is 50.5 Å². The van der Waals surface area contributed by atoms with E-state index in [1.807, 2.05) is 35.2 Å². The summed E-state index contributed by atoms with van der Waals surface area (Å²) in [5, 5.41) is 0.704. The Balaban J connectivity index is 1.63. The molecule has 2 aromatic rings. The van der Waals surface area contributed by atoms with Crippen molar-refractivity contribution >= 4 is 23.5 Å². The lowest BCUT2D eigenvalue weighted by Crippen LogP contribution is -2.45. The summed E-state index contributed by atoms with van der Waals surface area (Å²) in [5.41, 5.74) is 1.06. The fraction of sp³-hybridized carbons (Fsp3) is 0.450. The molecule has 1 saturated heterocycles. The minimum atomic E-state index is 0.0524. The molecule has 0 aliphatic carbocycles. The molecule has 138 valence electrons. The van der Waals surface area contributed by atoms with Gasteiger partial charge in [-0.2, -0.15) is 0 Å². The highest BCUT2D eigenvalue weighted by molar-refractivity contribution is 6.30. The zero-order valence-corrected chi connectivity index (χ0v) is 16.1. The lowest BCUT2D eigenvalue weighted by Gasteiger charge is -2.36. The number of benzene rings is 1. The highest BCUT2D eigenvalue weighted by Crippen LogP contribution is 2.24. The number of halogens is 1. The second kappa shape index (κ2) is 8.49. The molecule has 0 bridgehead atoms. The first kappa shape index (κ1) is 18.6. The van der Waals surface area contributed by atoms with Crippen LogP contribution in [0.5, 0.6) is 0 Å². The summed E-state index contributed by atoms with van der Waals surface area (Å²) in [4.78, 5) is 25.8. The van der Waals surface area contributed by atoms with Crippen molar-refractivity contribution in [1.82, 2.24) is 14.9 Å². The molecule has 0 unspecified atom stereocenters. The number of hydrogen-bond acceptors (Lipinski definition) is 4. The molecule has 0 radical (unpaired) electrons. The molecule has 1 aromatic heterocycles. The molecule has 0 N–H and O–H groups in total. The van der Waals surface area contributed by atoms with Crippen molar-refractivity contribution < 1.29 is 4.79 Å². The molecule has 5 nitrogen and oxygen atoms in total. The third-order valence-electron chi connectivity index (χ3n) is 4.83. The Morgan fingerprint density at radius 3 is 2.54 bits per heavy atom. The average Bonchev–Trinajstić information content (AvgIpc) is 2.66. The topological polar surface area (TPSA) is 49.3 Å². The summed E-state index contributed by atoms with van der Waals surface area (Å²) in [5.74, 6) is 1.03. The maximum Gasteiger partial charge on any atom is 0.226 e. The summed E-state index contributed by atoms with van der Waals surface area (Å²) in [7, 11) is 0. The van der Waals surface area contributed by atoms with Crippen molar-refractivity contribution in [2.45, 2.75) is 39.3 Å². The maximum absolute atomic E-state index is 13.1. The van der Waals surface area contributed by atoms with E-state index in [1.54, 1.807) is 12.4 Å². The quantitative estimate of drug-likeness (QED) is 0.801. The molecule has 26 heavy (non-hydrogen) atoms. The van der Waals surface area contributed by atoms with Crippen LogP contribution in [0.15, 0.2) is 42.7 Å². The zero-order chi connectivity index (χ0) is 18.5. The van der Waals surface area contributed by atoms with Crippen LogP contribution >= 0.6 is 11.6 Å². The average molecular weight is 373 g/mol. The largest absolute Gasteiger partial charge is 0.341 e. The Labute approximate surface area is 160 Å². The Bertz CT molecular complexity index is 730. The summed E-state index contributed by atoms with van der Waals surface area (Å²) < 4.78 is 0. The van der Waals surface area contributed by atoms with Gasteiger partial charge >= 0.3 is 0 Å². The molecular formula is C20H25ClN4O. The zero-order valence-electron chi connectivity index (χ0n) is 15.3. The summed E-state index contributed by atoms with van der Waals surface area (Å²) >= 11 is 6.09. The van der Waals surface area contributed by atoms with E-state index in [0.717, 1.165) is 37.4 Å². The second-order valence-electron chi connectivity index (χ2n) is 7.00. The smallest absolute Gasteiger partial charge is 0.226 e. The lowest BCUT2D eigenvalue weighted by atomic mass is 9.94. The van der Waals surface area contributed by atoms with Gasteiger partial charge in [-0.1, -0.05) is 23.7 Å². The first-order valence-electron chi connectivity index (χ1n) is 9.11. The van der Waals surface area contributed by atoms with Crippen LogP contribution in [0, 0.1) is 5.92 Å². The van der Waals surface area contributed by atoms with Crippen LogP contribution in [0.3, 0.4) is 0 Å². The minimum Gasteiger partial charge on any atom is -0.341 e. The number of aromatic nitrogens is 2. The van der Waals surface area contributed by atoms with Crippen LogP contribution < -0.4 is 4.90 Å². The van der Waals surface area contributed by atoms with Crippen LogP contribution in [0.2, 0.25) is 5.02 Å². The number of nitrogens with zero attached hydrogens (tertiary/aromatic N) is 4. The summed E-state index contributed by atoms with van der Waals surface area (Å²) in [6.45, 7) is 6.34. The van der Waals surface area contributed by atoms with Gasteiger partial charge in [-0.15, -0.1) is 0 Å². The number of anilines is 1. The van der Waals surface area contributed by atoms with Crippen LogP contribution in [0.1, 0.15) is 32.3 Å². The molecule has 1 aromatic carbocycles. The maximum atomic E-state index is 13.1. The van der Waals surface area contributed by atoms with E-state index in [-0.39, 0.29) is 17.9 Å². The van der Waals surface area contributed by atoms with E-state index < -0.39 is 0 Å². The predicted octanol–water partition coefficient (Wildman–Crippen LogP) is 3.78. The van der Waals surface area contributed by atoms with Crippen molar-refractivity contribution in [1.29, 1.82) is 0 Å². The van der Waals surface area contributed by atoms with E-state index in [2.05, 4.69) is 28.7 Å². The Hall–Kier alpha value is -2.14. The van der Waals surface area contributed by atoms with Crippen molar-refractivity contribution in [3.05, 3.63) is 53.3 Å². The molecule has 2 heterocycles. The first-order chi connectivity index (χ1) is 12.5. The molecule has 1 aliphatic rings. The number of carbonyl (C=O) groups is 1. The van der Waals surface area contributed by atoms with Crippen molar-refractivity contribution in [2.75, 3.05) is 18.0 Å². The molecular weight excluding hydrogens is 348 g/mol. The Kier molecular flexibility index (Phi) is 6.09. The van der Waals surface area contributed by atoms with Crippen molar-refractivity contribution in [3.8, 4) is 0 Å². The van der Waals surface area contributed by atoms with Gasteiger partial charge in [0.1, 0.15) is 0 Å². The van der Waals surface area contributed by atoms with Crippen molar-refractivity contribution in [3.63, 3.8) is 0 Å². The Morgan fingerprint density at radius 1 is 1.23 bits per heavy atom. The monoisotopic (exact) mass is 372 g/mol. The van der Waals surface area contributed by atoms with Gasteiger partial charge in [-0.3, -0.25) is 4.79 Å². The van der Waals surface area contributed by atoms with Gasteiger partial charge in [-0.25, -0.2) is 9.97 Å². The van der Waals surface area contributed by atoms with Gasteiger partial charge in [0.25, 0.3) is 0 Å². The summed E-state index contributed by atoms with van der Waals surface area (Å²) in [6, 6.07) is 9.70. The fourth-order valence-electron chi connectivity index (χ4n) is 3.36. The Morgan fingerprint density at radius 2 is 1.92 bits per heavy atom. The number of carbonyl (C=O) groups excluding carboxylic acids is 1.